The van der Waals surface area contributed by atoms with Crippen LogP contribution in [0.15, 0.2) is 60.8 Å². The minimum Gasteiger partial charge on any atom is -0.480 e. The molecule has 1 unspecified atom stereocenters. The van der Waals surface area contributed by atoms with E-state index in [-0.39, 0.29) is 0 Å². The second-order valence-corrected chi connectivity index (χ2v) is 7.64. The molecular weight excluding hydrogens is 374 g/mol. The van der Waals surface area contributed by atoms with Gasteiger partial charge in [-0.05, 0) is 44.0 Å². The Bertz CT molecular complexity index is 965. The van der Waals surface area contributed by atoms with Crippen LogP contribution in [0.25, 0.3) is 16.9 Å². The van der Waals surface area contributed by atoms with Crippen LogP contribution < -0.4 is 0 Å². The lowest BCUT2D eigenvalue weighted by Crippen LogP contribution is -2.40. The zero-order chi connectivity index (χ0) is 19.7. The number of halogens is 1. The zero-order valence-electron chi connectivity index (χ0n) is 15.6. The van der Waals surface area contributed by atoms with Crippen molar-refractivity contribution in [2.24, 2.45) is 0 Å². The summed E-state index contributed by atoms with van der Waals surface area (Å²) < 4.78 is 1.86. The Hall–Kier alpha value is -2.63. The molecule has 0 spiro atoms. The largest absolute Gasteiger partial charge is 0.480 e. The smallest absolute Gasteiger partial charge is 0.320 e. The van der Waals surface area contributed by atoms with Crippen LogP contribution in [0.2, 0.25) is 5.02 Å². The first kappa shape index (κ1) is 18.7. The maximum atomic E-state index is 11.6. The highest BCUT2D eigenvalue weighted by atomic mass is 35.5. The van der Waals surface area contributed by atoms with Crippen molar-refractivity contribution in [3.8, 4) is 16.9 Å². The van der Waals surface area contributed by atoms with Crippen LogP contribution in [0.4, 0.5) is 0 Å². The monoisotopic (exact) mass is 395 g/mol. The number of aliphatic carboxylic acids is 1. The summed E-state index contributed by atoms with van der Waals surface area (Å²) in [4.78, 5) is 13.7. The van der Waals surface area contributed by atoms with Gasteiger partial charge in [-0.3, -0.25) is 9.69 Å². The summed E-state index contributed by atoms with van der Waals surface area (Å²) in [7, 11) is 0. The minimum absolute atomic E-state index is 0.323. The number of rotatable bonds is 7. The van der Waals surface area contributed by atoms with E-state index in [0.29, 0.717) is 17.6 Å². The normalized spacial score (nSPS) is 15.0. The molecular formula is C22H22ClN3O2. The van der Waals surface area contributed by atoms with Crippen molar-refractivity contribution in [2.45, 2.75) is 38.4 Å². The Labute approximate surface area is 169 Å². The molecule has 1 aromatic heterocycles. The van der Waals surface area contributed by atoms with Crippen LogP contribution in [-0.2, 0) is 11.3 Å². The number of carboxylic acids is 1. The maximum absolute atomic E-state index is 11.6. The van der Waals surface area contributed by atoms with Gasteiger partial charge in [-0.1, -0.05) is 41.9 Å². The van der Waals surface area contributed by atoms with Gasteiger partial charge >= 0.3 is 5.97 Å². The van der Waals surface area contributed by atoms with E-state index in [4.69, 9.17) is 16.7 Å². The third kappa shape index (κ3) is 3.96. The van der Waals surface area contributed by atoms with E-state index < -0.39 is 12.0 Å². The van der Waals surface area contributed by atoms with Crippen LogP contribution in [0.3, 0.4) is 0 Å². The van der Waals surface area contributed by atoms with Gasteiger partial charge in [-0.2, -0.15) is 5.10 Å². The third-order valence-corrected chi connectivity index (χ3v) is 5.40. The van der Waals surface area contributed by atoms with Gasteiger partial charge in [-0.15, -0.1) is 0 Å². The number of hydrogen-bond donors (Lipinski definition) is 1. The second-order valence-electron chi connectivity index (χ2n) is 7.21. The van der Waals surface area contributed by atoms with Crippen molar-refractivity contribution in [1.82, 2.24) is 14.7 Å². The number of benzene rings is 2. The molecule has 2 aromatic carbocycles. The van der Waals surface area contributed by atoms with Gasteiger partial charge < -0.3 is 5.11 Å². The number of hydrogen-bond acceptors (Lipinski definition) is 3. The summed E-state index contributed by atoms with van der Waals surface area (Å²) in [5.41, 5.74) is 3.79. The molecule has 0 saturated heterocycles. The Balaban J connectivity index is 1.74. The molecule has 3 aromatic rings. The summed E-state index contributed by atoms with van der Waals surface area (Å²) in [6.45, 7) is 2.30. The Morgan fingerprint density at radius 1 is 1.21 bits per heavy atom. The van der Waals surface area contributed by atoms with Gasteiger partial charge in [0.25, 0.3) is 0 Å². The molecule has 1 atom stereocenters. The SMILES string of the molecule is CC(C(=O)O)N(Cc1cn(-c2ccccc2)nc1-c1ccc(Cl)cc1)C1CC1. The fourth-order valence-electron chi connectivity index (χ4n) is 3.42. The summed E-state index contributed by atoms with van der Waals surface area (Å²) in [5.74, 6) is -0.796. The van der Waals surface area contributed by atoms with Gasteiger partial charge in [0.2, 0.25) is 0 Å². The van der Waals surface area contributed by atoms with Crippen molar-refractivity contribution in [3.63, 3.8) is 0 Å². The fourth-order valence-corrected chi connectivity index (χ4v) is 3.54. The standard InChI is InChI=1S/C22H22ClN3O2/c1-15(22(27)28)25(19-11-12-19)13-17-14-26(20-5-3-2-4-6-20)24-21(17)16-7-9-18(23)10-8-16/h2-10,14-15,19H,11-13H2,1H3,(H,27,28). The Morgan fingerprint density at radius 3 is 2.50 bits per heavy atom. The van der Waals surface area contributed by atoms with E-state index in [1.54, 1.807) is 6.92 Å². The molecule has 28 heavy (non-hydrogen) atoms. The molecule has 1 aliphatic rings. The predicted molar refractivity (Wildman–Crippen MR) is 110 cm³/mol. The van der Waals surface area contributed by atoms with Crippen LogP contribution in [-0.4, -0.2) is 37.8 Å². The number of aromatic nitrogens is 2. The van der Waals surface area contributed by atoms with E-state index in [2.05, 4.69) is 4.90 Å². The minimum atomic E-state index is -0.796. The third-order valence-electron chi connectivity index (χ3n) is 5.15. The summed E-state index contributed by atoms with van der Waals surface area (Å²) in [5, 5.41) is 15.0. The van der Waals surface area contributed by atoms with Crippen molar-refractivity contribution < 1.29 is 9.90 Å². The summed E-state index contributed by atoms with van der Waals surface area (Å²) in [6, 6.07) is 17.3. The van der Waals surface area contributed by atoms with E-state index in [9.17, 15) is 9.90 Å². The van der Waals surface area contributed by atoms with Crippen molar-refractivity contribution in [1.29, 1.82) is 0 Å². The lowest BCUT2D eigenvalue weighted by molar-refractivity contribution is -0.143. The highest BCUT2D eigenvalue weighted by molar-refractivity contribution is 6.30. The Morgan fingerprint density at radius 2 is 1.89 bits per heavy atom. The average molecular weight is 396 g/mol. The highest BCUT2D eigenvalue weighted by Gasteiger charge is 2.35. The lowest BCUT2D eigenvalue weighted by atomic mass is 10.1. The van der Waals surface area contributed by atoms with Gasteiger partial charge in [0, 0.05) is 34.9 Å². The van der Waals surface area contributed by atoms with Gasteiger partial charge in [0.15, 0.2) is 0 Å². The molecule has 1 heterocycles. The Kier molecular flexibility index (Phi) is 5.20. The molecule has 1 aliphatic carbocycles. The van der Waals surface area contributed by atoms with Crippen LogP contribution in [0.5, 0.6) is 0 Å². The highest BCUT2D eigenvalue weighted by Crippen LogP contribution is 2.33. The molecule has 4 rings (SSSR count). The molecule has 1 fully saturated rings. The van der Waals surface area contributed by atoms with E-state index in [0.717, 1.165) is 35.3 Å². The first-order chi connectivity index (χ1) is 13.5. The molecule has 0 aliphatic heterocycles. The summed E-state index contributed by atoms with van der Waals surface area (Å²) in [6.07, 6.45) is 4.09. The van der Waals surface area contributed by atoms with Gasteiger partial charge in [-0.25, -0.2) is 4.68 Å². The second kappa shape index (κ2) is 7.78. The topological polar surface area (TPSA) is 58.4 Å². The van der Waals surface area contributed by atoms with E-state index in [1.165, 1.54) is 0 Å². The zero-order valence-corrected chi connectivity index (χ0v) is 16.4. The molecule has 6 heteroatoms. The molecule has 5 nitrogen and oxygen atoms in total. The van der Waals surface area contributed by atoms with Gasteiger partial charge in [0.05, 0.1) is 11.4 Å². The number of carbonyl (C=O) groups is 1. The van der Waals surface area contributed by atoms with Crippen molar-refractivity contribution in [3.05, 3.63) is 71.4 Å². The van der Waals surface area contributed by atoms with Crippen molar-refractivity contribution in [2.75, 3.05) is 0 Å². The number of carboxylic acid groups (broad SMARTS) is 1. The van der Waals surface area contributed by atoms with E-state index >= 15 is 0 Å². The predicted octanol–water partition coefficient (Wildman–Crippen LogP) is 4.63. The molecule has 144 valence electrons. The molecule has 0 radical (unpaired) electrons. The number of para-hydroxylation sites is 1. The quantitative estimate of drug-likeness (QED) is 0.633. The van der Waals surface area contributed by atoms with Crippen LogP contribution in [0, 0.1) is 0 Å². The van der Waals surface area contributed by atoms with Crippen molar-refractivity contribution >= 4 is 17.6 Å². The molecule has 0 bridgehead atoms. The molecule has 0 amide bonds. The first-order valence-corrected chi connectivity index (χ1v) is 9.79. The summed E-state index contributed by atoms with van der Waals surface area (Å²) >= 11 is 6.05. The number of nitrogens with zero attached hydrogens (tertiary/aromatic N) is 3. The first-order valence-electron chi connectivity index (χ1n) is 9.41. The molecule has 1 saturated carbocycles. The molecule has 1 N–H and O–H groups in total. The maximum Gasteiger partial charge on any atom is 0.320 e. The van der Waals surface area contributed by atoms with Crippen LogP contribution >= 0.6 is 11.6 Å². The fraction of sp³-hybridized carbons (Fsp3) is 0.273. The lowest BCUT2D eigenvalue weighted by Gasteiger charge is -2.26. The van der Waals surface area contributed by atoms with Gasteiger partial charge in [0.1, 0.15) is 6.04 Å². The average Bonchev–Trinajstić information content (AvgIpc) is 3.46. The van der Waals surface area contributed by atoms with E-state index in [1.807, 2.05) is 65.5 Å². The van der Waals surface area contributed by atoms with Crippen LogP contribution in [0.1, 0.15) is 25.3 Å².